The number of hydrogen-bond donors (Lipinski definition) is 2. The van der Waals surface area contributed by atoms with Gasteiger partial charge in [-0.25, -0.2) is 0 Å². The van der Waals surface area contributed by atoms with Gasteiger partial charge in [-0.3, -0.25) is 9.79 Å². The molecule has 0 fully saturated rings. The van der Waals surface area contributed by atoms with Crippen LogP contribution in [0.3, 0.4) is 0 Å². The summed E-state index contributed by atoms with van der Waals surface area (Å²) in [7, 11) is 5.28. The fraction of sp³-hybridized carbons (Fsp3) is 0.545. The van der Waals surface area contributed by atoms with Crippen molar-refractivity contribution < 1.29 is 4.79 Å². The van der Waals surface area contributed by atoms with Gasteiger partial charge in [-0.2, -0.15) is 0 Å². The summed E-state index contributed by atoms with van der Waals surface area (Å²) >= 11 is 0. The van der Waals surface area contributed by atoms with Gasteiger partial charge in [0, 0.05) is 59.2 Å². The molecular weight excluding hydrogens is 378 g/mol. The minimum Gasteiger partial charge on any atom is -0.356 e. The molecule has 8 heteroatoms. The summed E-state index contributed by atoms with van der Waals surface area (Å²) in [6, 6.07) is 7.65. The van der Waals surface area contributed by atoms with E-state index in [0.29, 0.717) is 12.1 Å². The Bertz CT molecular complexity index is 855. The van der Waals surface area contributed by atoms with Crippen LogP contribution in [0.15, 0.2) is 29.3 Å². The van der Waals surface area contributed by atoms with Crippen molar-refractivity contribution in [1.29, 1.82) is 0 Å². The summed E-state index contributed by atoms with van der Waals surface area (Å²) < 4.78 is 2.31. The van der Waals surface area contributed by atoms with Crippen LogP contribution in [-0.4, -0.2) is 59.2 Å². The van der Waals surface area contributed by atoms with Crippen LogP contribution < -0.4 is 10.6 Å². The topological polar surface area (TPSA) is 87.4 Å². The van der Waals surface area contributed by atoms with Crippen molar-refractivity contribution in [3.05, 3.63) is 47.0 Å². The molecule has 3 rings (SSSR count). The Morgan fingerprint density at radius 1 is 1.13 bits per heavy atom. The highest BCUT2D eigenvalue weighted by molar-refractivity contribution is 5.93. The fourth-order valence-corrected chi connectivity index (χ4v) is 3.61. The Labute approximate surface area is 178 Å². The first-order valence-electron chi connectivity index (χ1n) is 10.7. The first-order valence-corrected chi connectivity index (χ1v) is 10.7. The maximum absolute atomic E-state index is 12.0. The standard InChI is InChI=1S/C22H33N7O/c1-23-22(25-16-17-10-12-18(13-11-17)21(30)28(2)3)24-14-7-9-20-27-26-19-8-5-4-6-15-29(19)20/h10-13H,4-9,14-16H2,1-3H3,(H2,23,24,25). The normalized spacial score (nSPS) is 14.0. The van der Waals surface area contributed by atoms with E-state index in [1.54, 1.807) is 26.0 Å². The summed E-state index contributed by atoms with van der Waals surface area (Å²) in [4.78, 5) is 17.8. The van der Waals surface area contributed by atoms with Crippen molar-refractivity contribution in [3.8, 4) is 0 Å². The number of nitrogens with one attached hydrogen (secondary N) is 2. The first-order chi connectivity index (χ1) is 14.6. The molecule has 162 valence electrons. The van der Waals surface area contributed by atoms with Crippen molar-refractivity contribution >= 4 is 11.9 Å². The van der Waals surface area contributed by atoms with Gasteiger partial charge in [-0.1, -0.05) is 18.6 Å². The van der Waals surface area contributed by atoms with Crippen LogP contribution in [0.5, 0.6) is 0 Å². The minimum atomic E-state index is 0.0107. The third-order valence-electron chi connectivity index (χ3n) is 5.35. The summed E-state index contributed by atoms with van der Waals surface area (Å²) in [5.74, 6) is 3.02. The number of carbonyl (C=O) groups excluding carboxylic acids is 1. The average molecular weight is 412 g/mol. The summed E-state index contributed by atoms with van der Waals surface area (Å²) in [5.41, 5.74) is 1.79. The van der Waals surface area contributed by atoms with Gasteiger partial charge >= 0.3 is 0 Å². The lowest BCUT2D eigenvalue weighted by molar-refractivity contribution is 0.0827. The Morgan fingerprint density at radius 2 is 1.93 bits per heavy atom. The highest BCUT2D eigenvalue weighted by Gasteiger charge is 2.14. The Balaban J connectivity index is 1.41. The van der Waals surface area contributed by atoms with Crippen LogP contribution in [0.25, 0.3) is 0 Å². The van der Waals surface area contributed by atoms with E-state index in [1.165, 1.54) is 19.3 Å². The highest BCUT2D eigenvalue weighted by Crippen LogP contribution is 2.15. The molecule has 0 radical (unpaired) electrons. The summed E-state index contributed by atoms with van der Waals surface area (Å²) in [5, 5.41) is 15.4. The number of carbonyl (C=O) groups is 1. The maximum atomic E-state index is 12.0. The number of guanidine groups is 1. The van der Waals surface area contributed by atoms with Crippen LogP contribution in [0, 0.1) is 0 Å². The molecule has 0 saturated heterocycles. The van der Waals surface area contributed by atoms with Gasteiger partial charge < -0.3 is 20.1 Å². The molecule has 0 unspecified atom stereocenters. The van der Waals surface area contributed by atoms with E-state index in [4.69, 9.17) is 0 Å². The van der Waals surface area contributed by atoms with E-state index < -0.39 is 0 Å². The molecule has 0 saturated carbocycles. The number of rotatable bonds is 7. The molecule has 1 aromatic heterocycles. The van der Waals surface area contributed by atoms with Gasteiger partial charge in [0.2, 0.25) is 0 Å². The van der Waals surface area contributed by atoms with Gasteiger partial charge in [-0.05, 0) is 37.0 Å². The van der Waals surface area contributed by atoms with Crippen molar-refractivity contribution in [3.63, 3.8) is 0 Å². The molecule has 1 aromatic carbocycles. The van der Waals surface area contributed by atoms with Gasteiger partial charge in [0.25, 0.3) is 5.91 Å². The number of aliphatic imine (C=N–C) groups is 1. The minimum absolute atomic E-state index is 0.0107. The number of hydrogen-bond acceptors (Lipinski definition) is 4. The number of aryl methyl sites for hydroxylation is 2. The van der Waals surface area contributed by atoms with Crippen molar-refractivity contribution in [2.75, 3.05) is 27.7 Å². The van der Waals surface area contributed by atoms with Crippen LogP contribution in [-0.2, 0) is 25.9 Å². The smallest absolute Gasteiger partial charge is 0.253 e. The van der Waals surface area contributed by atoms with E-state index in [-0.39, 0.29) is 5.91 Å². The maximum Gasteiger partial charge on any atom is 0.253 e. The Morgan fingerprint density at radius 3 is 2.67 bits per heavy atom. The Kier molecular flexibility index (Phi) is 7.82. The van der Waals surface area contributed by atoms with E-state index in [1.807, 2.05) is 24.3 Å². The molecule has 2 heterocycles. The van der Waals surface area contributed by atoms with Crippen LogP contribution in [0.4, 0.5) is 0 Å². The predicted octanol–water partition coefficient (Wildman–Crippen LogP) is 2.00. The number of fused-ring (bicyclic) bond motifs is 1. The molecule has 1 aliphatic heterocycles. The molecule has 30 heavy (non-hydrogen) atoms. The highest BCUT2D eigenvalue weighted by atomic mass is 16.2. The molecule has 0 aliphatic carbocycles. The molecular formula is C22H33N7O. The van der Waals surface area contributed by atoms with Crippen LogP contribution >= 0.6 is 0 Å². The van der Waals surface area contributed by atoms with E-state index >= 15 is 0 Å². The average Bonchev–Trinajstić information content (AvgIpc) is 2.98. The second kappa shape index (κ2) is 10.8. The monoisotopic (exact) mass is 411 g/mol. The van der Waals surface area contributed by atoms with Crippen molar-refractivity contribution in [2.24, 2.45) is 4.99 Å². The van der Waals surface area contributed by atoms with Gasteiger partial charge in [0.05, 0.1) is 0 Å². The zero-order chi connectivity index (χ0) is 21.3. The SMILES string of the molecule is CN=C(NCCCc1nnc2n1CCCCC2)NCc1ccc(C(=O)N(C)C)cc1. The van der Waals surface area contributed by atoms with E-state index in [2.05, 4.69) is 30.4 Å². The lowest BCUT2D eigenvalue weighted by Crippen LogP contribution is -2.37. The second-order valence-corrected chi connectivity index (χ2v) is 7.85. The van der Waals surface area contributed by atoms with Gasteiger partial charge in [0.1, 0.15) is 11.6 Å². The number of aromatic nitrogens is 3. The lowest BCUT2D eigenvalue weighted by atomic mass is 10.1. The molecule has 1 amide bonds. The van der Waals surface area contributed by atoms with Crippen molar-refractivity contribution in [2.45, 2.75) is 51.6 Å². The van der Waals surface area contributed by atoms with E-state index in [0.717, 1.165) is 55.5 Å². The quantitative estimate of drug-likeness (QED) is 0.413. The largest absolute Gasteiger partial charge is 0.356 e. The molecule has 0 spiro atoms. The number of amides is 1. The Hall–Kier alpha value is -2.90. The molecule has 2 aromatic rings. The lowest BCUT2D eigenvalue weighted by Gasteiger charge is -2.13. The van der Waals surface area contributed by atoms with Crippen molar-refractivity contribution in [1.82, 2.24) is 30.3 Å². The zero-order valence-electron chi connectivity index (χ0n) is 18.3. The molecule has 8 nitrogen and oxygen atoms in total. The van der Waals surface area contributed by atoms with Gasteiger partial charge in [-0.15, -0.1) is 10.2 Å². The van der Waals surface area contributed by atoms with Crippen LogP contribution in [0.2, 0.25) is 0 Å². The zero-order valence-corrected chi connectivity index (χ0v) is 18.3. The number of nitrogens with zero attached hydrogens (tertiary/aromatic N) is 5. The number of benzene rings is 1. The molecule has 0 bridgehead atoms. The van der Waals surface area contributed by atoms with Crippen LogP contribution in [0.1, 0.15) is 53.3 Å². The first kappa shape index (κ1) is 21.8. The summed E-state index contributed by atoms with van der Waals surface area (Å²) in [6.07, 6.45) is 6.65. The van der Waals surface area contributed by atoms with Gasteiger partial charge in [0.15, 0.2) is 5.96 Å². The molecule has 2 N–H and O–H groups in total. The fourth-order valence-electron chi connectivity index (χ4n) is 3.61. The molecule has 0 atom stereocenters. The third-order valence-corrected chi connectivity index (χ3v) is 5.35. The summed E-state index contributed by atoms with van der Waals surface area (Å²) in [6.45, 7) is 2.51. The molecule has 1 aliphatic rings. The second-order valence-electron chi connectivity index (χ2n) is 7.85. The van der Waals surface area contributed by atoms with E-state index in [9.17, 15) is 4.79 Å². The third kappa shape index (κ3) is 5.81. The predicted molar refractivity (Wildman–Crippen MR) is 119 cm³/mol.